The molecule has 3 aliphatic rings. The molecule has 1 aromatic carbocycles. The molecule has 6 heteroatoms. The average molecular weight is 423 g/mol. The zero-order chi connectivity index (χ0) is 21.6. The summed E-state index contributed by atoms with van der Waals surface area (Å²) in [7, 11) is 1.71. The topological polar surface area (TPSA) is 50.6 Å². The van der Waals surface area contributed by atoms with Crippen LogP contribution < -0.4 is 4.74 Å². The fourth-order valence-corrected chi connectivity index (χ4v) is 5.46. The van der Waals surface area contributed by atoms with Crippen LogP contribution in [0.1, 0.15) is 56.3 Å². The summed E-state index contributed by atoms with van der Waals surface area (Å²) in [6, 6.07) is 8.64. The van der Waals surface area contributed by atoms with Crippen LogP contribution in [0.4, 0.5) is 0 Å². The molecule has 1 saturated carbocycles. The number of hydrogen-bond acceptors (Lipinski definition) is 4. The highest BCUT2D eigenvalue weighted by Gasteiger charge is 2.58. The van der Waals surface area contributed by atoms with Crippen molar-refractivity contribution in [2.45, 2.75) is 51.6 Å². The molecule has 0 bridgehead atoms. The first-order chi connectivity index (χ1) is 15.0. The van der Waals surface area contributed by atoms with Crippen LogP contribution in [0.15, 0.2) is 36.8 Å². The number of ether oxygens (including phenoxy) is 1. The maximum Gasteiger partial charge on any atom is 0.230 e. The summed E-state index contributed by atoms with van der Waals surface area (Å²) in [6.07, 6.45) is 7.59. The van der Waals surface area contributed by atoms with Gasteiger partial charge in [0.25, 0.3) is 0 Å². The Bertz CT molecular complexity index is 951. The van der Waals surface area contributed by atoms with Gasteiger partial charge in [0.05, 0.1) is 24.5 Å². The molecule has 166 valence electrons. The van der Waals surface area contributed by atoms with Crippen LogP contribution in [-0.2, 0) is 11.3 Å². The minimum atomic E-state index is -0.343. The third-order valence-corrected chi connectivity index (χ3v) is 7.45. The quantitative estimate of drug-likeness (QED) is 0.683. The summed E-state index contributed by atoms with van der Waals surface area (Å²) in [6.45, 7) is 8.69. The first-order valence-electron chi connectivity index (χ1n) is 11.7. The van der Waals surface area contributed by atoms with Crippen LogP contribution in [0.2, 0.25) is 0 Å². The largest absolute Gasteiger partial charge is 0.497 e. The average Bonchev–Trinajstić information content (AvgIpc) is 3.18. The van der Waals surface area contributed by atoms with E-state index in [2.05, 4.69) is 46.5 Å². The van der Waals surface area contributed by atoms with Crippen LogP contribution >= 0.6 is 0 Å². The standard InChI is InChI=1S/C25H34N4O2/c1-18(2)29-15-23(26-17-29)22-14-27(12-20-5-4-6-21(11-20)31-3)16-25(22)9-10-28(24(25)30)13-19-7-8-19/h4-6,11,15,17-19,22H,7-10,12-14,16H2,1-3H3/t22-,25+/m0/s1. The number of carbonyl (C=O) groups excluding carboxylic acids is 1. The Morgan fingerprint density at radius 2 is 2.13 bits per heavy atom. The van der Waals surface area contributed by atoms with E-state index in [0.29, 0.717) is 11.9 Å². The van der Waals surface area contributed by atoms with Gasteiger partial charge in [-0.1, -0.05) is 12.1 Å². The van der Waals surface area contributed by atoms with Gasteiger partial charge < -0.3 is 14.2 Å². The number of imidazole rings is 1. The van der Waals surface area contributed by atoms with Crippen LogP contribution in [-0.4, -0.2) is 58.5 Å². The summed E-state index contributed by atoms with van der Waals surface area (Å²) in [5.41, 5.74) is 1.95. The van der Waals surface area contributed by atoms with E-state index in [0.717, 1.165) is 56.5 Å². The van der Waals surface area contributed by atoms with Gasteiger partial charge in [-0.05, 0) is 56.7 Å². The van der Waals surface area contributed by atoms with E-state index >= 15 is 0 Å². The first-order valence-corrected chi connectivity index (χ1v) is 11.7. The number of nitrogens with zero attached hydrogens (tertiary/aromatic N) is 4. The van der Waals surface area contributed by atoms with Crippen molar-refractivity contribution in [2.24, 2.45) is 11.3 Å². The Labute approximate surface area is 185 Å². The van der Waals surface area contributed by atoms with E-state index in [1.54, 1.807) is 7.11 Å². The predicted octanol–water partition coefficient (Wildman–Crippen LogP) is 3.70. The molecule has 2 aromatic rings. The molecule has 1 spiro atoms. The van der Waals surface area contributed by atoms with E-state index in [4.69, 9.17) is 9.72 Å². The van der Waals surface area contributed by atoms with Crippen molar-refractivity contribution in [3.63, 3.8) is 0 Å². The van der Waals surface area contributed by atoms with Crippen molar-refractivity contribution < 1.29 is 9.53 Å². The number of carbonyl (C=O) groups is 1. The highest BCUT2D eigenvalue weighted by Crippen LogP contribution is 2.50. The van der Waals surface area contributed by atoms with Crippen LogP contribution in [0.5, 0.6) is 5.75 Å². The van der Waals surface area contributed by atoms with Gasteiger partial charge in [0, 0.05) is 50.9 Å². The van der Waals surface area contributed by atoms with Gasteiger partial charge in [-0.15, -0.1) is 0 Å². The molecule has 1 aliphatic carbocycles. The SMILES string of the molecule is COc1cccc(CN2C[C@@H](c3cn(C(C)C)cn3)[C@@]3(CCN(CC4CC4)C3=O)C2)c1. The third kappa shape index (κ3) is 3.86. The number of methoxy groups -OCH3 is 1. The molecule has 0 radical (unpaired) electrons. The smallest absolute Gasteiger partial charge is 0.230 e. The summed E-state index contributed by atoms with van der Waals surface area (Å²) < 4.78 is 7.57. The number of amides is 1. The molecule has 1 amide bonds. The molecule has 5 rings (SSSR count). The highest BCUT2D eigenvalue weighted by atomic mass is 16.5. The fourth-order valence-electron chi connectivity index (χ4n) is 5.46. The molecule has 0 N–H and O–H groups in total. The maximum atomic E-state index is 13.8. The second kappa shape index (κ2) is 7.97. The highest BCUT2D eigenvalue weighted by molar-refractivity contribution is 5.87. The number of aromatic nitrogens is 2. The zero-order valence-corrected chi connectivity index (χ0v) is 19.0. The molecule has 6 nitrogen and oxygen atoms in total. The Hall–Kier alpha value is -2.34. The third-order valence-electron chi connectivity index (χ3n) is 7.45. The molecule has 31 heavy (non-hydrogen) atoms. The molecular weight excluding hydrogens is 388 g/mol. The Morgan fingerprint density at radius 3 is 2.84 bits per heavy atom. The number of likely N-dealkylation sites (tertiary alicyclic amines) is 2. The normalized spacial score (nSPS) is 26.5. The van der Waals surface area contributed by atoms with Crippen LogP contribution in [0.3, 0.4) is 0 Å². The second-order valence-corrected chi connectivity index (χ2v) is 10.0. The minimum Gasteiger partial charge on any atom is -0.497 e. The number of rotatable bonds is 7. The van der Waals surface area contributed by atoms with Crippen molar-refractivity contribution in [3.8, 4) is 5.75 Å². The van der Waals surface area contributed by atoms with E-state index in [-0.39, 0.29) is 11.3 Å². The van der Waals surface area contributed by atoms with Gasteiger partial charge in [-0.25, -0.2) is 4.98 Å². The lowest BCUT2D eigenvalue weighted by Gasteiger charge is -2.28. The van der Waals surface area contributed by atoms with E-state index in [9.17, 15) is 4.79 Å². The molecular formula is C25H34N4O2. The van der Waals surface area contributed by atoms with Crippen molar-refractivity contribution in [1.82, 2.24) is 19.4 Å². The van der Waals surface area contributed by atoms with Gasteiger partial charge in [0.1, 0.15) is 5.75 Å². The summed E-state index contributed by atoms with van der Waals surface area (Å²) >= 11 is 0. The van der Waals surface area contributed by atoms with Crippen molar-refractivity contribution in [1.29, 1.82) is 0 Å². The summed E-state index contributed by atoms with van der Waals surface area (Å²) in [4.78, 5) is 23.1. The molecule has 3 fully saturated rings. The first kappa shape index (κ1) is 20.6. The van der Waals surface area contributed by atoms with Gasteiger partial charge in [-0.3, -0.25) is 9.69 Å². The van der Waals surface area contributed by atoms with Crippen molar-refractivity contribution >= 4 is 5.91 Å². The van der Waals surface area contributed by atoms with Crippen molar-refractivity contribution in [3.05, 3.63) is 48.0 Å². The van der Waals surface area contributed by atoms with Gasteiger partial charge in [-0.2, -0.15) is 0 Å². The lowest BCUT2D eigenvalue weighted by atomic mass is 9.75. The van der Waals surface area contributed by atoms with Gasteiger partial charge >= 0.3 is 0 Å². The Kier molecular flexibility index (Phi) is 5.29. The van der Waals surface area contributed by atoms with E-state index in [1.165, 1.54) is 18.4 Å². The monoisotopic (exact) mass is 422 g/mol. The maximum absolute atomic E-state index is 13.8. The molecule has 3 heterocycles. The lowest BCUT2D eigenvalue weighted by molar-refractivity contribution is -0.136. The predicted molar refractivity (Wildman–Crippen MR) is 120 cm³/mol. The van der Waals surface area contributed by atoms with Crippen molar-refractivity contribution in [2.75, 3.05) is 33.3 Å². The van der Waals surface area contributed by atoms with Gasteiger partial charge in [0.15, 0.2) is 0 Å². The van der Waals surface area contributed by atoms with Gasteiger partial charge in [0.2, 0.25) is 5.91 Å². The molecule has 0 unspecified atom stereocenters. The van der Waals surface area contributed by atoms with Crippen LogP contribution in [0, 0.1) is 11.3 Å². The fraction of sp³-hybridized carbons (Fsp3) is 0.600. The number of hydrogen-bond donors (Lipinski definition) is 0. The van der Waals surface area contributed by atoms with E-state index < -0.39 is 0 Å². The van der Waals surface area contributed by atoms with Crippen LogP contribution in [0.25, 0.3) is 0 Å². The molecule has 2 saturated heterocycles. The van der Waals surface area contributed by atoms with E-state index in [1.807, 2.05) is 18.5 Å². The Balaban J connectivity index is 1.42. The summed E-state index contributed by atoms with van der Waals surface area (Å²) in [5, 5.41) is 0. The zero-order valence-electron chi connectivity index (χ0n) is 19.0. The summed E-state index contributed by atoms with van der Waals surface area (Å²) in [5.74, 6) is 2.12. The Morgan fingerprint density at radius 1 is 1.29 bits per heavy atom. The molecule has 1 aromatic heterocycles. The lowest BCUT2D eigenvalue weighted by Crippen LogP contribution is -2.40. The minimum absolute atomic E-state index is 0.148. The molecule has 2 atom stereocenters. The molecule has 2 aliphatic heterocycles. The number of benzene rings is 1. The second-order valence-electron chi connectivity index (χ2n) is 10.0.